The number of hydrogen-bond acceptors (Lipinski definition) is 6. The average molecular weight is 368 g/mol. The molecule has 1 unspecified atom stereocenters. The van der Waals surface area contributed by atoms with E-state index < -0.39 is 28.6 Å². The lowest BCUT2D eigenvalue weighted by Gasteiger charge is -2.14. The van der Waals surface area contributed by atoms with Crippen molar-refractivity contribution in [2.45, 2.75) is 10.9 Å². The minimum absolute atomic E-state index is 0.0764. The summed E-state index contributed by atoms with van der Waals surface area (Å²) in [5.74, 6) is -0.403. The van der Waals surface area contributed by atoms with Gasteiger partial charge in [-0.05, 0) is 34.1 Å². The van der Waals surface area contributed by atoms with Crippen molar-refractivity contribution in [1.82, 2.24) is 4.72 Å². The topological polar surface area (TPSA) is 102 Å². The molecule has 9 heteroatoms. The maximum absolute atomic E-state index is 12.1. The molecule has 0 aliphatic rings. The van der Waals surface area contributed by atoms with Crippen molar-refractivity contribution in [3.8, 4) is 5.75 Å². The second-order valence-electron chi connectivity index (χ2n) is 3.68. The Morgan fingerprint density at radius 1 is 1.45 bits per heavy atom. The third-order valence-corrected chi connectivity index (χ3v) is 4.49. The van der Waals surface area contributed by atoms with Crippen molar-refractivity contribution in [2.24, 2.45) is 0 Å². The van der Waals surface area contributed by atoms with Crippen molar-refractivity contribution in [2.75, 3.05) is 20.8 Å². The SMILES string of the molecule is COC(=O)C(CO)NS(=O)(=O)c1ccc(OC)c(Br)c1. The van der Waals surface area contributed by atoms with Crippen LogP contribution >= 0.6 is 15.9 Å². The van der Waals surface area contributed by atoms with Crippen molar-refractivity contribution in [1.29, 1.82) is 0 Å². The lowest BCUT2D eigenvalue weighted by atomic mass is 10.3. The molecule has 0 aliphatic carbocycles. The van der Waals surface area contributed by atoms with Crippen LogP contribution in [0.25, 0.3) is 0 Å². The fourth-order valence-electron chi connectivity index (χ4n) is 1.37. The Morgan fingerprint density at radius 2 is 2.10 bits per heavy atom. The molecule has 1 atom stereocenters. The van der Waals surface area contributed by atoms with Gasteiger partial charge in [-0.15, -0.1) is 0 Å². The van der Waals surface area contributed by atoms with Gasteiger partial charge in [-0.2, -0.15) is 4.72 Å². The highest BCUT2D eigenvalue weighted by molar-refractivity contribution is 9.10. The van der Waals surface area contributed by atoms with E-state index in [1.165, 1.54) is 25.3 Å². The third-order valence-electron chi connectivity index (χ3n) is 2.40. The highest BCUT2D eigenvalue weighted by Gasteiger charge is 2.26. The molecule has 0 bridgehead atoms. The van der Waals surface area contributed by atoms with E-state index in [-0.39, 0.29) is 4.90 Å². The Labute approximate surface area is 125 Å². The molecule has 0 saturated carbocycles. The number of sulfonamides is 1. The molecule has 7 nitrogen and oxygen atoms in total. The van der Waals surface area contributed by atoms with E-state index in [2.05, 4.69) is 25.4 Å². The van der Waals surface area contributed by atoms with Crippen LogP contribution in [0, 0.1) is 0 Å². The van der Waals surface area contributed by atoms with Gasteiger partial charge in [0.15, 0.2) is 0 Å². The quantitative estimate of drug-likeness (QED) is 0.699. The predicted octanol–water partition coefficient (Wildman–Crippen LogP) is 0.270. The Kier molecular flexibility index (Phi) is 5.93. The number of ether oxygens (including phenoxy) is 2. The van der Waals surface area contributed by atoms with Gasteiger partial charge in [0, 0.05) is 0 Å². The smallest absolute Gasteiger partial charge is 0.326 e. The van der Waals surface area contributed by atoms with E-state index in [4.69, 9.17) is 9.84 Å². The first-order chi connectivity index (χ1) is 9.35. The van der Waals surface area contributed by atoms with Gasteiger partial charge >= 0.3 is 5.97 Å². The molecule has 0 heterocycles. The number of halogens is 1. The third kappa shape index (κ3) is 3.92. The summed E-state index contributed by atoms with van der Waals surface area (Å²) in [4.78, 5) is 11.2. The van der Waals surface area contributed by atoms with Crippen molar-refractivity contribution in [3.63, 3.8) is 0 Å². The molecule has 20 heavy (non-hydrogen) atoms. The average Bonchev–Trinajstić information content (AvgIpc) is 2.43. The fourth-order valence-corrected chi connectivity index (χ4v) is 3.27. The van der Waals surface area contributed by atoms with E-state index in [1.54, 1.807) is 0 Å². The molecule has 1 rings (SSSR count). The fraction of sp³-hybridized carbons (Fsp3) is 0.364. The zero-order valence-electron chi connectivity index (χ0n) is 10.8. The molecule has 1 aromatic carbocycles. The van der Waals surface area contributed by atoms with Crippen LogP contribution < -0.4 is 9.46 Å². The molecule has 1 aromatic rings. The number of esters is 1. The molecule has 0 spiro atoms. The van der Waals surface area contributed by atoms with Crippen LogP contribution in [0.15, 0.2) is 27.6 Å². The van der Waals surface area contributed by atoms with Crippen LogP contribution in [0.4, 0.5) is 0 Å². The summed E-state index contributed by atoms with van der Waals surface area (Å²) in [7, 11) is -1.42. The van der Waals surface area contributed by atoms with Crippen molar-refractivity contribution in [3.05, 3.63) is 22.7 Å². The number of nitrogens with one attached hydrogen (secondary N) is 1. The molecule has 0 amide bonds. The first-order valence-corrected chi connectivity index (χ1v) is 7.68. The minimum Gasteiger partial charge on any atom is -0.496 e. The van der Waals surface area contributed by atoms with Crippen LogP contribution in [0.3, 0.4) is 0 Å². The van der Waals surface area contributed by atoms with E-state index >= 15 is 0 Å². The van der Waals surface area contributed by atoms with E-state index in [0.29, 0.717) is 10.2 Å². The molecule has 0 aromatic heterocycles. The lowest BCUT2D eigenvalue weighted by molar-refractivity contribution is -0.143. The normalized spacial score (nSPS) is 12.8. The summed E-state index contributed by atoms with van der Waals surface area (Å²) in [5, 5.41) is 9.02. The van der Waals surface area contributed by atoms with Crippen LogP contribution in [-0.2, 0) is 19.6 Å². The van der Waals surface area contributed by atoms with E-state index in [9.17, 15) is 13.2 Å². The number of aliphatic hydroxyl groups excluding tert-OH is 1. The summed E-state index contributed by atoms with van der Waals surface area (Å²) < 4.78 is 36.1. The Bertz CT molecular complexity index is 589. The van der Waals surface area contributed by atoms with Gasteiger partial charge in [-0.1, -0.05) is 0 Å². The van der Waals surface area contributed by atoms with E-state index in [0.717, 1.165) is 7.11 Å². The first kappa shape index (κ1) is 16.9. The summed E-state index contributed by atoms with van der Waals surface area (Å²) in [5.41, 5.74) is 0. The van der Waals surface area contributed by atoms with E-state index in [1.807, 2.05) is 0 Å². The molecule has 0 aliphatic heterocycles. The van der Waals surface area contributed by atoms with Crippen LogP contribution in [-0.4, -0.2) is 46.4 Å². The maximum Gasteiger partial charge on any atom is 0.326 e. The Hall–Kier alpha value is -1.16. The molecule has 0 saturated heterocycles. The maximum atomic E-state index is 12.1. The number of carbonyl (C=O) groups excluding carboxylic acids is 1. The number of aliphatic hydroxyl groups is 1. The van der Waals surface area contributed by atoms with Gasteiger partial charge in [0.05, 0.1) is 30.2 Å². The molecule has 0 fully saturated rings. The molecular weight excluding hydrogens is 354 g/mol. The van der Waals surface area contributed by atoms with Gasteiger partial charge in [-0.3, -0.25) is 4.79 Å². The number of rotatable bonds is 6. The minimum atomic E-state index is -3.97. The zero-order valence-corrected chi connectivity index (χ0v) is 13.2. The number of methoxy groups -OCH3 is 2. The van der Waals surface area contributed by atoms with Gasteiger partial charge in [-0.25, -0.2) is 8.42 Å². The van der Waals surface area contributed by atoms with Gasteiger partial charge in [0.2, 0.25) is 10.0 Å². The standard InChI is InChI=1S/C11H14BrNO6S/c1-18-10-4-3-7(5-8(10)12)20(16,17)13-9(6-14)11(15)19-2/h3-5,9,13-14H,6H2,1-2H3. The number of carbonyl (C=O) groups is 1. The van der Waals surface area contributed by atoms with Crippen LogP contribution in [0.1, 0.15) is 0 Å². The predicted molar refractivity (Wildman–Crippen MR) is 73.9 cm³/mol. The monoisotopic (exact) mass is 367 g/mol. The van der Waals surface area contributed by atoms with Gasteiger partial charge < -0.3 is 14.6 Å². The van der Waals surface area contributed by atoms with Crippen molar-refractivity contribution < 1.29 is 27.8 Å². The van der Waals surface area contributed by atoms with Crippen LogP contribution in [0.2, 0.25) is 0 Å². The second kappa shape index (κ2) is 7.02. The van der Waals surface area contributed by atoms with Crippen LogP contribution in [0.5, 0.6) is 5.75 Å². The lowest BCUT2D eigenvalue weighted by Crippen LogP contribution is -2.43. The second-order valence-corrected chi connectivity index (χ2v) is 6.24. The summed E-state index contributed by atoms with van der Waals surface area (Å²) >= 11 is 3.17. The first-order valence-electron chi connectivity index (χ1n) is 5.40. The largest absolute Gasteiger partial charge is 0.496 e. The highest BCUT2D eigenvalue weighted by Crippen LogP contribution is 2.27. The molecule has 112 valence electrons. The Morgan fingerprint density at radius 3 is 2.55 bits per heavy atom. The summed E-state index contributed by atoms with van der Waals surface area (Å²) in [6, 6.07) is 2.75. The zero-order chi connectivity index (χ0) is 15.3. The van der Waals surface area contributed by atoms with Crippen molar-refractivity contribution >= 4 is 31.9 Å². The number of hydrogen-bond donors (Lipinski definition) is 2. The molecule has 0 radical (unpaired) electrons. The summed E-state index contributed by atoms with van der Waals surface area (Å²) in [6.45, 7) is -0.705. The number of benzene rings is 1. The summed E-state index contributed by atoms with van der Waals surface area (Å²) in [6.07, 6.45) is 0. The van der Waals surface area contributed by atoms with Gasteiger partial charge in [0.25, 0.3) is 0 Å². The highest BCUT2D eigenvalue weighted by atomic mass is 79.9. The Balaban J connectivity index is 3.04. The van der Waals surface area contributed by atoms with Gasteiger partial charge in [0.1, 0.15) is 11.8 Å². The molecule has 2 N–H and O–H groups in total. The molecular formula is C11H14BrNO6S.